The number of hydrogen-bond acceptors (Lipinski definition) is 15. The first kappa shape index (κ1) is 88.1. The summed E-state index contributed by atoms with van der Waals surface area (Å²) >= 11 is 0. The number of ether oxygens (including phenoxy) is 4. The summed E-state index contributed by atoms with van der Waals surface area (Å²) in [6.07, 6.45) is 48.4. The molecule has 0 saturated heterocycles. The van der Waals surface area contributed by atoms with Crippen LogP contribution in [-0.2, 0) is 65.4 Å². The van der Waals surface area contributed by atoms with E-state index < -0.39 is 97.5 Å². The van der Waals surface area contributed by atoms with Crippen LogP contribution in [-0.4, -0.2) is 96.7 Å². The zero-order valence-electron chi connectivity index (χ0n) is 58.4. The van der Waals surface area contributed by atoms with Crippen molar-refractivity contribution in [3.63, 3.8) is 0 Å². The third kappa shape index (κ3) is 64.8. The van der Waals surface area contributed by atoms with Gasteiger partial charge in [0.15, 0.2) is 12.2 Å². The molecule has 2 unspecified atom stereocenters. The first-order chi connectivity index (χ1) is 43.4. The number of carbonyl (C=O) groups is 4. The lowest BCUT2D eigenvalue weighted by Gasteiger charge is -2.21. The van der Waals surface area contributed by atoms with Gasteiger partial charge in [-0.05, 0) is 37.5 Å². The molecule has 0 bridgehead atoms. The number of carbonyl (C=O) groups excluding carboxylic acids is 4. The molecule has 0 amide bonds. The summed E-state index contributed by atoms with van der Waals surface area (Å²) in [5.41, 5.74) is 0. The van der Waals surface area contributed by atoms with Crippen molar-refractivity contribution < 1.29 is 80.2 Å². The van der Waals surface area contributed by atoms with E-state index in [2.05, 4.69) is 41.5 Å². The second kappa shape index (κ2) is 63.1. The average molecular weight is 1330 g/mol. The van der Waals surface area contributed by atoms with Gasteiger partial charge in [0, 0.05) is 25.7 Å². The number of phosphoric ester groups is 2. The molecule has 0 aromatic heterocycles. The molecule has 17 nitrogen and oxygen atoms in total. The molecule has 0 spiro atoms. The van der Waals surface area contributed by atoms with E-state index in [9.17, 15) is 43.2 Å². The highest BCUT2D eigenvalue weighted by Crippen LogP contribution is 2.45. The van der Waals surface area contributed by atoms with Gasteiger partial charge >= 0.3 is 39.5 Å². The highest BCUT2D eigenvalue weighted by atomic mass is 31.2. The molecule has 0 fully saturated rings. The predicted octanol–water partition coefficient (Wildman–Crippen LogP) is 20.4. The minimum Gasteiger partial charge on any atom is -0.462 e. The summed E-state index contributed by atoms with van der Waals surface area (Å²) < 4.78 is 68.3. The maximum absolute atomic E-state index is 13.0. The van der Waals surface area contributed by atoms with Gasteiger partial charge in [0.1, 0.15) is 19.3 Å². The van der Waals surface area contributed by atoms with Crippen molar-refractivity contribution in [2.24, 2.45) is 11.8 Å². The highest BCUT2D eigenvalue weighted by Gasteiger charge is 2.30. The molecule has 0 aliphatic carbocycles. The van der Waals surface area contributed by atoms with E-state index >= 15 is 0 Å². The summed E-state index contributed by atoms with van der Waals surface area (Å²) in [4.78, 5) is 72.6. The zero-order valence-corrected chi connectivity index (χ0v) is 60.2. The second-order valence-electron chi connectivity index (χ2n) is 26.6. The Morgan fingerprint density at radius 3 is 0.756 bits per heavy atom. The molecule has 5 atom stereocenters. The fourth-order valence-electron chi connectivity index (χ4n) is 10.8. The van der Waals surface area contributed by atoms with Gasteiger partial charge in [-0.3, -0.25) is 37.3 Å². The van der Waals surface area contributed by atoms with Gasteiger partial charge in [-0.1, -0.05) is 311 Å². The molecule has 534 valence electrons. The highest BCUT2D eigenvalue weighted by molar-refractivity contribution is 7.47. The molecular formula is C71H138O17P2. The van der Waals surface area contributed by atoms with Crippen LogP contribution in [0.15, 0.2) is 0 Å². The van der Waals surface area contributed by atoms with Crippen LogP contribution >= 0.6 is 15.6 Å². The number of aliphatic hydroxyl groups is 1. The molecule has 0 aliphatic heterocycles. The van der Waals surface area contributed by atoms with E-state index in [1.54, 1.807) is 0 Å². The molecular weight excluding hydrogens is 1190 g/mol. The fourth-order valence-corrected chi connectivity index (χ4v) is 12.3. The molecule has 0 aliphatic rings. The van der Waals surface area contributed by atoms with Crippen LogP contribution in [0.5, 0.6) is 0 Å². The summed E-state index contributed by atoms with van der Waals surface area (Å²) in [5.74, 6) is -0.611. The van der Waals surface area contributed by atoms with E-state index in [4.69, 9.17) is 37.0 Å². The van der Waals surface area contributed by atoms with Gasteiger partial charge in [-0.25, -0.2) is 9.13 Å². The van der Waals surface area contributed by atoms with Gasteiger partial charge in [-0.2, -0.15) is 0 Å². The predicted molar refractivity (Wildman–Crippen MR) is 363 cm³/mol. The fraction of sp³-hybridized carbons (Fsp3) is 0.944. The van der Waals surface area contributed by atoms with Crippen molar-refractivity contribution in [2.75, 3.05) is 39.6 Å². The van der Waals surface area contributed by atoms with Crippen molar-refractivity contribution in [1.29, 1.82) is 0 Å². The normalized spacial score (nSPS) is 14.1. The topological polar surface area (TPSA) is 237 Å². The largest absolute Gasteiger partial charge is 0.472 e. The summed E-state index contributed by atoms with van der Waals surface area (Å²) in [7, 11) is -9.90. The Kier molecular flexibility index (Phi) is 61.8. The maximum Gasteiger partial charge on any atom is 0.472 e. The Bertz CT molecular complexity index is 1750. The van der Waals surface area contributed by atoms with Gasteiger partial charge in [0.25, 0.3) is 0 Å². The van der Waals surface area contributed by atoms with Crippen LogP contribution in [0, 0.1) is 11.8 Å². The van der Waals surface area contributed by atoms with E-state index in [0.717, 1.165) is 102 Å². The van der Waals surface area contributed by atoms with Gasteiger partial charge < -0.3 is 33.8 Å². The minimum absolute atomic E-state index is 0.106. The monoisotopic (exact) mass is 1320 g/mol. The molecule has 0 heterocycles. The Labute approximate surface area is 549 Å². The van der Waals surface area contributed by atoms with Crippen molar-refractivity contribution >= 4 is 39.5 Å². The molecule has 19 heteroatoms. The lowest BCUT2D eigenvalue weighted by molar-refractivity contribution is -0.161. The third-order valence-electron chi connectivity index (χ3n) is 16.5. The standard InChI is InChI=1S/C71H138O17P2/c1-7-9-11-13-15-17-19-23-29-35-41-47-53-68(73)81-59-66(87-70(75)55-49-43-37-30-24-20-18-16-14-12-10-8-2)61-85-89(77,78)83-57-65(72)58-84-90(79,80)86-62-67(60-82-69(74)54-48-42-36-32-26-28-34-40-46-52-64(5)6)88-71(76)56-50-44-38-31-25-21-22-27-33-39-45-51-63(3)4/h63-67,72H,7-62H2,1-6H3,(H,77,78)(H,79,80)/t65-,66+,67+/m0/s1. The smallest absolute Gasteiger partial charge is 0.462 e. The quantitative estimate of drug-likeness (QED) is 0.0222. The van der Waals surface area contributed by atoms with Crippen LogP contribution in [0.1, 0.15) is 363 Å². The number of aliphatic hydroxyl groups excluding tert-OH is 1. The summed E-state index contributed by atoms with van der Waals surface area (Å²) in [6.45, 7) is 9.54. The van der Waals surface area contributed by atoms with Gasteiger partial charge in [0.05, 0.1) is 26.4 Å². The summed E-state index contributed by atoms with van der Waals surface area (Å²) in [6, 6.07) is 0. The Hall–Kier alpha value is -1.94. The van der Waals surface area contributed by atoms with E-state index in [1.165, 1.54) is 180 Å². The van der Waals surface area contributed by atoms with Crippen molar-refractivity contribution in [3.8, 4) is 0 Å². The van der Waals surface area contributed by atoms with E-state index in [-0.39, 0.29) is 25.7 Å². The molecule has 0 radical (unpaired) electrons. The molecule has 0 aromatic rings. The third-order valence-corrected chi connectivity index (χ3v) is 18.4. The average Bonchev–Trinajstić information content (AvgIpc) is 1.80. The Morgan fingerprint density at radius 2 is 0.511 bits per heavy atom. The van der Waals surface area contributed by atoms with Crippen molar-refractivity contribution in [2.45, 2.75) is 381 Å². The SMILES string of the molecule is CCCCCCCCCCCCCCC(=O)OC[C@H](COP(=O)(O)OC[C@H](O)COP(=O)(O)OC[C@@H](COC(=O)CCCCCCCCCCCC(C)C)OC(=O)CCCCCCCCCCCCCC(C)C)OC(=O)CCCCCCCCCCCCCC. The number of hydrogen-bond donors (Lipinski definition) is 3. The van der Waals surface area contributed by atoms with Crippen LogP contribution in [0.25, 0.3) is 0 Å². The summed E-state index contributed by atoms with van der Waals surface area (Å²) in [5, 5.41) is 10.6. The lowest BCUT2D eigenvalue weighted by Crippen LogP contribution is -2.30. The molecule has 0 saturated carbocycles. The Balaban J connectivity index is 5.26. The Morgan fingerprint density at radius 1 is 0.300 bits per heavy atom. The van der Waals surface area contributed by atoms with Gasteiger partial charge in [-0.15, -0.1) is 0 Å². The second-order valence-corrected chi connectivity index (χ2v) is 29.5. The van der Waals surface area contributed by atoms with E-state index in [1.807, 2.05) is 0 Å². The minimum atomic E-state index is -4.95. The van der Waals surface area contributed by atoms with Crippen LogP contribution in [0.4, 0.5) is 0 Å². The number of unbranched alkanes of at least 4 members (excludes halogenated alkanes) is 40. The van der Waals surface area contributed by atoms with Gasteiger partial charge in [0.2, 0.25) is 0 Å². The number of phosphoric acid groups is 2. The number of esters is 4. The first-order valence-corrected chi connectivity index (χ1v) is 40.0. The van der Waals surface area contributed by atoms with Crippen LogP contribution in [0.2, 0.25) is 0 Å². The molecule has 0 aromatic carbocycles. The van der Waals surface area contributed by atoms with Crippen LogP contribution in [0.3, 0.4) is 0 Å². The van der Waals surface area contributed by atoms with E-state index in [0.29, 0.717) is 25.7 Å². The molecule has 3 N–H and O–H groups in total. The number of rotatable bonds is 70. The molecule has 90 heavy (non-hydrogen) atoms. The first-order valence-electron chi connectivity index (χ1n) is 37.0. The molecule has 0 rings (SSSR count). The maximum atomic E-state index is 13.0. The van der Waals surface area contributed by atoms with Crippen molar-refractivity contribution in [1.82, 2.24) is 0 Å². The zero-order chi connectivity index (χ0) is 66.5. The van der Waals surface area contributed by atoms with Crippen LogP contribution < -0.4 is 0 Å². The lowest BCUT2D eigenvalue weighted by atomic mass is 10.0. The van der Waals surface area contributed by atoms with Crippen molar-refractivity contribution in [3.05, 3.63) is 0 Å².